The molecule has 0 atom stereocenters. The molecule has 27 aromatic rings. The summed E-state index contributed by atoms with van der Waals surface area (Å²) in [4.78, 5) is 0. The van der Waals surface area contributed by atoms with E-state index in [0.29, 0.717) is 0 Å². The smallest absolute Gasteiger partial charge is 0.0619 e. The first-order valence-electron chi connectivity index (χ1n) is 44.6. The van der Waals surface area contributed by atoms with Crippen molar-refractivity contribution < 1.29 is 0 Å². The van der Waals surface area contributed by atoms with E-state index in [1.165, 1.54) is 246 Å². The molecule has 0 bridgehead atoms. The third-order valence-corrected chi connectivity index (χ3v) is 26.9. The Labute approximate surface area is 746 Å². The number of rotatable bonds is 9. The van der Waals surface area contributed by atoms with Crippen LogP contribution >= 0.6 is 0 Å². The number of para-hydroxylation sites is 6. The average Bonchev–Trinajstić information content (AvgIpc) is 1.58. The van der Waals surface area contributed by atoms with Crippen molar-refractivity contribution in [2.45, 2.75) is 0 Å². The van der Waals surface area contributed by atoms with E-state index in [4.69, 9.17) is 0 Å². The summed E-state index contributed by atoms with van der Waals surface area (Å²) in [5, 5.41) is 30.6. The number of hydrogen-bond donors (Lipinski definition) is 0. The van der Waals surface area contributed by atoms with Crippen molar-refractivity contribution in [3.63, 3.8) is 0 Å². The molecule has 27 rings (SSSR count). The van der Waals surface area contributed by atoms with Crippen LogP contribution in [0.2, 0.25) is 0 Å². The normalized spacial score (nSPS) is 11.7. The van der Waals surface area contributed by atoms with Crippen molar-refractivity contribution in [2.24, 2.45) is 0 Å². The average molecular weight is 1640 g/mol. The number of nitrogens with zero attached hydrogens (tertiary/aromatic N) is 3. The van der Waals surface area contributed by atoms with Gasteiger partial charge >= 0.3 is 0 Å². The molecule has 600 valence electrons. The Kier molecular flexibility index (Phi) is 18.0. The Balaban J connectivity index is 0.000000105. The molecule has 0 N–H and O–H groups in total. The molecule has 3 aromatic heterocycles. The first-order chi connectivity index (χ1) is 64.0. The zero-order chi connectivity index (χ0) is 85.0. The van der Waals surface area contributed by atoms with Gasteiger partial charge in [0, 0.05) is 65.5 Å². The van der Waals surface area contributed by atoms with Gasteiger partial charge in [0.15, 0.2) is 0 Å². The third-order valence-electron chi connectivity index (χ3n) is 26.9. The second kappa shape index (κ2) is 31.1. The summed E-state index contributed by atoms with van der Waals surface area (Å²) < 4.78 is 7.26. The molecule has 0 spiro atoms. The summed E-state index contributed by atoms with van der Waals surface area (Å²) in [6.07, 6.45) is 0. The molecule has 0 aliphatic heterocycles. The molecular weight excluding hydrogens is 1560 g/mol. The minimum absolute atomic E-state index is 1.18. The van der Waals surface area contributed by atoms with Gasteiger partial charge in [0.05, 0.1) is 33.1 Å². The van der Waals surface area contributed by atoms with Gasteiger partial charge in [-0.05, 0) is 245 Å². The predicted octanol–water partition coefficient (Wildman–Crippen LogP) is 34.7. The van der Waals surface area contributed by atoms with Crippen molar-refractivity contribution in [1.29, 1.82) is 0 Å². The Hall–Kier alpha value is -17.0. The number of hydrogen-bond acceptors (Lipinski definition) is 0. The van der Waals surface area contributed by atoms with Crippen LogP contribution in [0.1, 0.15) is 0 Å². The SMILES string of the molecule is c1ccc(-n2c3ccccc3c3cc(-c4ccc(-c5ccc6c(ccc7ccccc76)c5)cc4)c4ccccc4c32)cc1.c1ccc(-n2c3ccccc3c3cc(-c4ccc(-c5ccc6ccc7ccccc7c6c5)cc4)c4ccccc4c32)cc1.c1ccc(-n2c3ccccc3c3cc(-c4cccc(-c5cc6ccccc6c6ccccc56)c4)c4ccccc4c32)cc1. The Bertz CT molecular complexity index is 9150. The zero-order valence-corrected chi connectivity index (χ0v) is 70.6. The zero-order valence-electron chi connectivity index (χ0n) is 70.6. The van der Waals surface area contributed by atoms with E-state index < -0.39 is 0 Å². The summed E-state index contributed by atoms with van der Waals surface area (Å²) >= 11 is 0. The van der Waals surface area contributed by atoms with Crippen LogP contribution in [0, 0.1) is 0 Å². The number of fused-ring (bicyclic) bond motifs is 24. The predicted molar refractivity (Wildman–Crippen MR) is 553 cm³/mol. The molecule has 3 heterocycles. The highest BCUT2D eigenvalue weighted by Crippen LogP contribution is 2.48. The van der Waals surface area contributed by atoms with Crippen LogP contribution in [-0.2, 0) is 0 Å². The summed E-state index contributed by atoms with van der Waals surface area (Å²) in [6, 6.07) is 179. The van der Waals surface area contributed by atoms with Crippen molar-refractivity contribution in [3.8, 4) is 83.8 Å². The third kappa shape index (κ3) is 12.6. The fourth-order valence-corrected chi connectivity index (χ4v) is 20.9. The highest BCUT2D eigenvalue weighted by atomic mass is 15.0. The van der Waals surface area contributed by atoms with Crippen molar-refractivity contribution in [3.05, 3.63) is 491 Å². The van der Waals surface area contributed by atoms with E-state index in [9.17, 15) is 0 Å². The minimum Gasteiger partial charge on any atom is -0.309 e. The summed E-state index contributed by atoms with van der Waals surface area (Å²) in [5.74, 6) is 0. The number of benzene rings is 24. The fourth-order valence-electron chi connectivity index (χ4n) is 20.9. The monoisotopic (exact) mass is 1640 g/mol. The Morgan fingerprint density at radius 2 is 0.372 bits per heavy atom. The summed E-state index contributed by atoms with van der Waals surface area (Å²) in [7, 11) is 0. The van der Waals surface area contributed by atoms with Crippen LogP contribution in [0.15, 0.2) is 491 Å². The highest BCUT2D eigenvalue weighted by molar-refractivity contribution is 6.26. The van der Waals surface area contributed by atoms with Crippen molar-refractivity contribution in [2.75, 3.05) is 0 Å². The lowest BCUT2D eigenvalue weighted by Gasteiger charge is -2.15. The lowest BCUT2D eigenvalue weighted by molar-refractivity contribution is 1.19. The van der Waals surface area contributed by atoms with E-state index >= 15 is 0 Å². The van der Waals surface area contributed by atoms with E-state index in [1.54, 1.807) is 0 Å². The molecule has 0 aliphatic rings. The van der Waals surface area contributed by atoms with Gasteiger partial charge in [-0.15, -0.1) is 0 Å². The molecule has 0 fully saturated rings. The van der Waals surface area contributed by atoms with E-state index in [2.05, 4.69) is 505 Å². The van der Waals surface area contributed by atoms with E-state index in [1.807, 2.05) is 0 Å². The summed E-state index contributed by atoms with van der Waals surface area (Å²) in [5.41, 5.74) is 25.9. The van der Waals surface area contributed by atoms with Crippen molar-refractivity contribution in [1.82, 2.24) is 13.7 Å². The van der Waals surface area contributed by atoms with Crippen LogP contribution in [0.4, 0.5) is 0 Å². The first kappa shape index (κ1) is 74.6. The first-order valence-corrected chi connectivity index (χ1v) is 44.6. The largest absolute Gasteiger partial charge is 0.309 e. The lowest BCUT2D eigenvalue weighted by Crippen LogP contribution is -1.94. The van der Waals surface area contributed by atoms with Gasteiger partial charge in [0.25, 0.3) is 0 Å². The quantitative estimate of drug-likeness (QED) is 0.128. The highest BCUT2D eigenvalue weighted by Gasteiger charge is 2.24. The topological polar surface area (TPSA) is 14.8 Å². The van der Waals surface area contributed by atoms with Crippen LogP contribution in [0.3, 0.4) is 0 Å². The molecule has 24 aromatic carbocycles. The van der Waals surface area contributed by atoms with Gasteiger partial charge in [-0.25, -0.2) is 0 Å². The Morgan fingerprint density at radius 1 is 0.109 bits per heavy atom. The van der Waals surface area contributed by atoms with Crippen LogP contribution in [0.25, 0.3) is 246 Å². The van der Waals surface area contributed by atoms with Crippen LogP contribution in [-0.4, -0.2) is 13.7 Å². The second-order valence-electron chi connectivity index (χ2n) is 34.0. The van der Waals surface area contributed by atoms with E-state index in [-0.39, 0.29) is 0 Å². The van der Waals surface area contributed by atoms with Gasteiger partial charge in [0.2, 0.25) is 0 Å². The second-order valence-corrected chi connectivity index (χ2v) is 34.0. The minimum atomic E-state index is 1.18. The molecular formula is C126H81N3. The van der Waals surface area contributed by atoms with Crippen LogP contribution < -0.4 is 0 Å². The molecule has 0 aliphatic carbocycles. The van der Waals surface area contributed by atoms with Gasteiger partial charge in [-0.3, -0.25) is 0 Å². The van der Waals surface area contributed by atoms with Gasteiger partial charge in [0.1, 0.15) is 0 Å². The van der Waals surface area contributed by atoms with Crippen molar-refractivity contribution >= 4 is 162 Å². The lowest BCUT2D eigenvalue weighted by atomic mass is 9.90. The summed E-state index contributed by atoms with van der Waals surface area (Å²) in [6.45, 7) is 0. The van der Waals surface area contributed by atoms with Crippen LogP contribution in [0.5, 0.6) is 0 Å². The molecule has 3 heteroatoms. The molecule has 0 amide bonds. The maximum absolute atomic E-state index is 2.43. The molecule has 3 nitrogen and oxygen atoms in total. The number of aromatic nitrogens is 3. The van der Waals surface area contributed by atoms with E-state index in [0.717, 1.165) is 0 Å². The fraction of sp³-hybridized carbons (Fsp3) is 0. The van der Waals surface area contributed by atoms with Gasteiger partial charge < -0.3 is 13.7 Å². The molecule has 0 radical (unpaired) electrons. The molecule has 129 heavy (non-hydrogen) atoms. The standard InChI is InChI=1S/3C42H27N/c1-2-16-31(17-3-1)43-41-24-11-10-22-36(41)40-27-39(35-21-8-9-23-37(35)42(40)43)29-15-12-14-28(25-29)38-26-30-13-4-5-18-32(30)33-19-6-7-20-34(33)38;1-2-11-33(12-3-1)43-41-17-9-8-15-36(41)40-27-39(35-14-6-7-16-37(35)42(40)43)31-20-18-28(19-21-31)32-25-24-30-23-22-29-10-4-5-13-34(29)38(30)26-32;1-2-11-33(12-3-1)43-41-17-9-8-15-37(41)40-27-39(36-14-6-7-16-38(36)42(40)43)30-20-18-28(19-21-30)31-24-25-35-32(26-31)23-22-29-10-4-5-13-34(29)35/h3*1-27H. The maximum atomic E-state index is 2.43. The molecule has 0 saturated carbocycles. The maximum Gasteiger partial charge on any atom is 0.0619 e. The van der Waals surface area contributed by atoms with Gasteiger partial charge in [-0.1, -0.05) is 394 Å². The molecule has 0 unspecified atom stereocenters. The van der Waals surface area contributed by atoms with Gasteiger partial charge in [-0.2, -0.15) is 0 Å². The Morgan fingerprint density at radius 3 is 0.806 bits per heavy atom. The molecule has 0 saturated heterocycles.